The van der Waals surface area contributed by atoms with E-state index >= 15 is 0 Å². The molecule has 0 aromatic heterocycles. The van der Waals surface area contributed by atoms with Crippen molar-refractivity contribution < 1.29 is 9.47 Å². The lowest BCUT2D eigenvalue weighted by molar-refractivity contribution is 0.355. The topological polar surface area (TPSA) is 30.5 Å². The van der Waals surface area contributed by atoms with Gasteiger partial charge in [0.25, 0.3) is 0 Å². The molecule has 3 heteroatoms. The van der Waals surface area contributed by atoms with Crippen molar-refractivity contribution in [1.29, 1.82) is 0 Å². The van der Waals surface area contributed by atoms with Crippen LogP contribution in [0, 0.1) is 0 Å². The zero-order valence-corrected chi connectivity index (χ0v) is 12.3. The Morgan fingerprint density at radius 2 is 1.65 bits per heavy atom. The number of nitrogens with one attached hydrogen (secondary N) is 1. The fourth-order valence-corrected chi connectivity index (χ4v) is 2.15. The highest BCUT2D eigenvalue weighted by Crippen LogP contribution is 2.32. The molecule has 0 saturated heterocycles. The summed E-state index contributed by atoms with van der Waals surface area (Å²) >= 11 is 0. The Balaban J connectivity index is 2.31. The van der Waals surface area contributed by atoms with Crippen LogP contribution >= 0.6 is 0 Å². The maximum absolute atomic E-state index is 5.36. The lowest BCUT2D eigenvalue weighted by Gasteiger charge is -2.11. The first-order chi connectivity index (χ1) is 9.78. The van der Waals surface area contributed by atoms with Crippen LogP contribution in [0.5, 0.6) is 11.5 Å². The van der Waals surface area contributed by atoms with Gasteiger partial charge in [-0.1, -0.05) is 31.2 Å². The maximum Gasteiger partial charge on any atom is 0.161 e. The van der Waals surface area contributed by atoms with Gasteiger partial charge in [-0.25, -0.2) is 0 Å². The van der Waals surface area contributed by atoms with Crippen molar-refractivity contribution in [3.63, 3.8) is 0 Å². The molecule has 0 aliphatic heterocycles. The van der Waals surface area contributed by atoms with Gasteiger partial charge in [0, 0.05) is 6.54 Å². The maximum atomic E-state index is 5.36. The molecule has 0 heterocycles. The van der Waals surface area contributed by atoms with Gasteiger partial charge in [-0.3, -0.25) is 0 Å². The molecular formula is C17H21NO2. The lowest BCUT2D eigenvalue weighted by Crippen LogP contribution is -2.11. The summed E-state index contributed by atoms with van der Waals surface area (Å²) < 4.78 is 10.6. The Labute approximate surface area is 120 Å². The average Bonchev–Trinajstić information content (AvgIpc) is 2.52. The number of rotatable bonds is 6. The molecule has 0 saturated carbocycles. The molecule has 0 aliphatic carbocycles. The minimum atomic E-state index is 0.750. The minimum Gasteiger partial charge on any atom is -0.493 e. The van der Waals surface area contributed by atoms with Crippen LogP contribution in [0.15, 0.2) is 42.5 Å². The highest BCUT2D eigenvalue weighted by Gasteiger charge is 2.06. The minimum absolute atomic E-state index is 0.750. The Kier molecular flexibility index (Phi) is 5.02. The number of hydrogen-bond acceptors (Lipinski definition) is 3. The summed E-state index contributed by atoms with van der Waals surface area (Å²) in [5.41, 5.74) is 3.58. The van der Waals surface area contributed by atoms with E-state index in [2.05, 4.69) is 36.5 Å². The van der Waals surface area contributed by atoms with Gasteiger partial charge in [-0.2, -0.15) is 0 Å². The van der Waals surface area contributed by atoms with Crippen molar-refractivity contribution in [1.82, 2.24) is 5.32 Å². The third-order valence-electron chi connectivity index (χ3n) is 3.22. The van der Waals surface area contributed by atoms with Crippen LogP contribution < -0.4 is 14.8 Å². The van der Waals surface area contributed by atoms with E-state index < -0.39 is 0 Å². The molecule has 1 N–H and O–H groups in total. The fraction of sp³-hybridized carbons (Fsp3) is 0.294. The molecule has 2 rings (SSSR count). The summed E-state index contributed by atoms with van der Waals surface area (Å²) in [5.74, 6) is 1.50. The summed E-state index contributed by atoms with van der Waals surface area (Å²) in [6, 6.07) is 14.5. The van der Waals surface area contributed by atoms with E-state index in [0.717, 1.165) is 30.2 Å². The summed E-state index contributed by atoms with van der Waals surface area (Å²) in [4.78, 5) is 0. The van der Waals surface area contributed by atoms with Gasteiger partial charge < -0.3 is 14.8 Å². The van der Waals surface area contributed by atoms with E-state index in [9.17, 15) is 0 Å². The predicted molar refractivity (Wildman–Crippen MR) is 82.4 cm³/mol. The van der Waals surface area contributed by atoms with E-state index in [0.29, 0.717) is 0 Å². The van der Waals surface area contributed by atoms with Gasteiger partial charge in [-0.15, -0.1) is 0 Å². The van der Waals surface area contributed by atoms with Gasteiger partial charge in [0.1, 0.15) is 0 Å². The van der Waals surface area contributed by atoms with Gasteiger partial charge in [0.2, 0.25) is 0 Å². The zero-order chi connectivity index (χ0) is 14.4. The van der Waals surface area contributed by atoms with Crippen molar-refractivity contribution in [3.8, 4) is 22.6 Å². The highest BCUT2D eigenvalue weighted by atomic mass is 16.5. The molecule has 2 aromatic rings. The number of benzene rings is 2. The molecule has 0 unspecified atom stereocenters. The molecule has 0 spiro atoms. The monoisotopic (exact) mass is 271 g/mol. The Morgan fingerprint density at radius 3 is 2.35 bits per heavy atom. The van der Waals surface area contributed by atoms with Crippen LogP contribution in [-0.2, 0) is 6.54 Å². The van der Waals surface area contributed by atoms with Gasteiger partial charge in [-0.05, 0) is 41.4 Å². The van der Waals surface area contributed by atoms with Crippen molar-refractivity contribution in [2.24, 2.45) is 0 Å². The van der Waals surface area contributed by atoms with Crippen LogP contribution in [0.1, 0.15) is 12.5 Å². The Hall–Kier alpha value is -2.00. The second-order valence-electron chi connectivity index (χ2n) is 4.55. The fourth-order valence-electron chi connectivity index (χ4n) is 2.15. The molecule has 0 atom stereocenters. The van der Waals surface area contributed by atoms with E-state index in [1.54, 1.807) is 14.2 Å². The van der Waals surface area contributed by atoms with E-state index in [-0.39, 0.29) is 0 Å². The van der Waals surface area contributed by atoms with E-state index in [1.165, 1.54) is 11.1 Å². The van der Waals surface area contributed by atoms with E-state index in [4.69, 9.17) is 9.47 Å². The van der Waals surface area contributed by atoms with Crippen LogP contribution in [0.4, 0.5) is 0 Å². The molecule has 0 radical (unpaired) electrons. The second kappa shape index (κ2) is 6.96. The SMILES string of the molecule is CCNCc1cccc(-c2ccc(OC)c(OC)c2)c1. The standard InChI is InChI=1S/C17H21NO2/c1-4-18-12-13-6-5-7-14(10-13)15-8-9-16(19-2)17(11-15)20-3/h5-11,18H,4,12H2,1-3H3. The van der Waals surface area contributed by atoms with E-state index in [1.807, 2.05) is 18.2 Å². The molecule has 0 bridgehead atoms. The predicted octanol–water partition coefficient (Wildman–Crippen LogP) is 3.48. The third kappa shape index (κ3) is 3.31. The molecule has 20 heavy (non-hydrogen) atoms. The van der Waals surface area contributed by atoms with Crippen LogP contribution in [0.25, 0.3) is 11.1 Å². The van der Waals surface area contributed by atoms with Crippen molar-refractivity contribution >= 4 is 0 Å². The smallest absolute Gasteiger partial charge is 0.161 e. The highest BCUT2D eigenvalue weighted by molar-refractivity contribution is 5.67. The van der Waals surface area contributed by atoms with Crippen LogP contribution in [0.3, 0.4) is 0 Å². The second-order valence-corrected chi connectivity index (χ2v) is 4.55. The summed E-state index contributed by atoms with van der Waals surface area (Å²) in [6.45, 7) is 3.97. The van der Waals surface area contributed by atoms with Gasteiger partial charge >= 0.3 is 0 Å². The first-order valence-electron chi connectivity index (χ1n) is 6.80. The average molecular weight is 271 g/mol. The summed E-state index contributed by atoms with van der Waals surface area (Å²) in [6.07, 6.45) is 0. The zero-order valence-electron chi connectivity index (χ0n) is 12.3. The number of methoxy groups -OCH3 is 2. The van der Waals surface area contributed by atoms with Crippen LogP contribution in [-0.4, -0.2) is 20.8 Å². The number of hydrogen-bond donors (Lipinski definition) is 1. The number of ether oxygens (including phenoxy) is 2. The molecule has 106 valence electrons. The Bertz CT molecular complexity index is 567. The largest absolute Gasteiger partial charge is 0.493 e. The van der Waals surface area contributed by atoms with Crippen molar-refractivity contribution in [3.05, 3.63) is 48.0 Å². The van der Waals surface area contributed by atoms with Gasteiger partial charge in [0.05, 0.1) is 14.2 Å². The van der Waals surface area contributed by atoms with Crippen molar-refractivity contribution in [2.75, 3.05) is 20.8 Å². The van der Waals surface area contributed by atoms with Crippen molar-refractivity contribution in [2.45, 2.75) is 13.5 Å². The molecule has 0 aliphatic rings. The molecular weight excluding hydrogens is 250 g/mol. The molecule has 0 fully saturated rings. The molecule has 3 nitrogen and oxygen atoms in total. The quantitative estimate of drug-likeness (QED) is 0.872. The Morgan fingerprint density at radius 1 is 0.900 bits per heavy atom. The van der Waals surface area contributed by atoms with Crippen LogP contribution in [0.2, 0.25) is 0 Å². The first-order valence-corrected chi connectivity index (χ1v) is 6.80. The third-order valence-corrected chi connectivity index (χ3v) is 3.22. The normalized spacial score (nSPS) is 10.3. The van der Waals surface area contributed by atoms with Gasteiger partial charge in [0.15, 0.2) is 11.5 Å². The lowest BCUT2D eigenvalue weighted by atomic mass is 10.0. The summed E-state index contributed by atoms with van der Waals surface area (Å²) in [5, 5.41) is 3.34. The molecule has 0 amide bonds. The first kappa shape index (κ1) is 14.4. The summed E-state index contributed by atoms with van der Waals surface area (Å²) in [7, 11) is 3.30. The molecule has 2 aromatic carbocycles.